The Morgan fingerprint density at radius 2 is 2.04 bits per heavy atom. The maximum absolute atomic E-state index is 11.0. The summed E-state index contributed by atoms with van der Waals surface area (Å²) in [5.74, 6) is -0.442. The number of aliphatic carboxylic acids is 1. The first kappa shape index (κ1) is 18.4. The molecule has 1 aromatic carbocycles. The zero-order valence-electron chi connectivity index (χ0n) is 14.4. The van der Waals surface area contributed by atoms with E-state index in [1.54, 1.807) is 25.6 Å². The monoisotopic (exact) mass is 377 g/mol. The van der Waals surface area contributed by atoms with Crippen LogP contribution in [0.3, 0.4) is 0 Å². The highest BCUT2D eigenvalue weighted by atomic mass is 32.2. The van der Waals surface area contributed by atoms with Crippen LogP contribution in [0.5, 0.6) is 5.75 Å². The number of rotatable bonds is 6. The van der Waals surface area contributed by atoms with Crippen LogP contribution in [0.2, 0.25) is 0 Å². The van der Waals surface area contributed by atoms with E-state index in [0.717, 1.165) is 22.9 Å². The normalized spacial score (nSPS) is 10.2. The minimum absolute atomic E-state index is 0.180. The second-order valence-corrected chi connectivity index (χ2v) is 6.46. The lowest BCUT2D eigenvalue weighted by molar-refractivity contribution is -0.133. The summed E-state index contributed by atoms with van der Waals surface area (Å²) < 4.78 is 5.19. The molecule has 0 aliphatic carbocycles. The predicted molar refractivity (Wildman–Crippen MR) is 103 cm³/mol. The number of thioether (sulfide) groups is 1. The zero-order chi connectivity index (χ0) is 19.2. The molecule has 3 rings (SSSR count). The van der Waals surface area contributed by atoms with Crippen molar-refractivity contribution in [2.75, 3.05) is 12.9 Å². The summed E-state index contributed by atoms with van der Waals surface area (Å²) in [5.41, 5.74) is 3.26. The number of benzene rings is 1. The summed E-state index contributed by atoms with van der Waals surface area (Å²) in [4.78, 5) is 19.6. The molecule has 0 aliphatic heterocycles. The lowest BCUT2D eigenvalue weighted by Gasteiger charge is -2.12. The van der Waals surface area contributed by atoms with Crippen molar-refractivity contribution in [3.8, 4) is 34.2 Å². The average molecular weight is 377 g/mol. The predicted octanol–water partition coefficient (Wildman–Crippen LogP) is 3.87. The smallest absolute Gasteiger partial charge is 0.313 e. The molecule has 7 heteroatoms. The minimum atomic E-state index is -0.969. The van der Waals surface area contributed by atoms with Crippen LogP contribution in [-0.2, 0) is 4.79 Å². The SMILES string of the molecule is COc1ccc(-c2cc(-c3cccnc3)nc(SCC(=O)O)c2C#N)cc1. The standard InChI is InChI=1S/C20H15N3O3S/c1-26-15-6-4-13(5-7-15)16-9-18(14-3-2-8-22-11-14)23-20(17(16)10-21)27-12-19(24)25/h2-9,11H,12H2,1H3,(H,24,25). The van der Waals surface area contributed by atoms with Crippen LogP contribution < -0.4 is 4.74 Å². The Morgan fingerprint density at radius 1 is 1.26 bits per heavy atom. The molecule has 0 atom stereocenters. The van der Waals surface area contributed by atoms with Gasteiger partial charge in [-0.25, -0.2) is 4.98 Å². The summed E-state index contributed by atoms with van der Waals surface area (Å²) in [6.07, 6.45) is 3.34. The van der Waals surface area contributed by atoms with Crippen molar-refractivity contribution in [3.05, 3.63) is 60.4 Å². The number of ether oxygens (including phenoxy) is 1. The van der Waals surface area contributed by atoms with Crippen LogP contribution in [0.25, 0.3) is 22.4 Å². The third kappa shape index (κ3) is 4.25. The van der Waals surface area contributed by atoms with Gasteiger partial charge in [-0.1, -0.05) is 23.9 Å². The fraction of sp³-hybridized carbons (Fsp3) is 0.100. The Hall–Kier alpha value is -3.37. The van der Waals surface area contributed by atoms with Gasteiger partial charge in [-0.15, -0.1) is 0 Å². The van der Waals surface area contributed by atoms with Crippen LogP contribution in [0, 0.1) is 11.3 Å². The van der Waals surface area contributed by atoms with Gasteiger partial charge < -0.3 is 9.84 Å². The van der Waals surface area contributed by atoms with Crippen molar-refractivity contribution < 1.29 is 14.6 Å². The van der Waals surface area contributed by atoms with E-state index in [-0.39, 0.29) is 5.75 Å². The highest BCUT2D eigenvalue weighted by Gasteiger charge is 2.17. The van der Waals surface area contributed by atoms with Gasteiger partial charge in [-0.05, 0) is 35.9 Å². The molecular formula is C20H15N3O3S. The number of pyridine rings is 2. The van der Waals surface area contributed by atoms with E-state index in [1.165, 1.54) is 0 Å². The van der Waals surface area contributed by atoms with E-state index in [2.05, 4.69) is 16.0 Å². The Balaban J connectivity index is 2.18. The van der Waals surface area contributed by atoms with Gasteiger partial charge in [-0.3, -0.25) is 9.78 Å². The summed E-state index contributed by atoms with van der Waals surface area (Å²) in [5, 5.41) is 19.1. The van der Waals surface area contributed by atoms with Gasteiger partial charge in [0.2, 0.25) is 0 Å². The molecule has 0 fully saturated rings. The van der Waals surface area contributed by atoms with Crippen molar-refractivity contribution >= 4 is 17.7 Å². The maximum Gasteiger partial charge on any atom is 0.313 e. The van der Waals surface area contributed by atoms with Crippen molar-refractivity contribution in [2.24, 2.45) is 0 Å². The number of aromatic nitrogens is 2. The van der Waals surface area contributed by atoms with Gasteiger partial charge in [0.25, 0.3) is 0 Å². The fourth-order valence-corrected chi connectivity index (χ4v) is 3.25. The first-order chi connectivity index (χ1) is 13.1. The van der Waals surface area contributed by atoms with Crippen LogP contribution in [0.15, 0.2) is 59.9 Å². The molecule has 27 heavy (non-hydrogen) atoms. The first-order valence-corrected chi connectivity index (χ1v) is 8.95. The summed E-state index contributed by atoms with van der Waals surface area (Å²) in [6, 6.07) is 15.0. The van der Waals surface area contributed by atoms with E-state index in [9.17, 15) is 10.1 Å². The molecule has 1 N–H and O–H groups in total. The van der Waals surface area contributed by atoms with Gasteiger partial charge in [0.1, 0.15) is 16.8 Å². The second-order valence-electron chi connectivity index (χ2n) is 5.50. The number of carboxylic acids is 1. The van der Waals surface area contributed by atoms with Crippen molar-refractivity contribution in [1.82, 2.24) is 9.97 Å². The van der Waals surface area contributed by atoms with E-state index >= 15 is 0 Å². The molecule has 0 saturated heterocycles. The van der Waals surface area contributed by atoms with Gasteiger partial charge in [0.05, 0.1) is 24.1 Å². The second kappa shape index (κ2) is 8.34. The molecule has 0 aliphatic rings. The highest BCUT2D eigenvalue weighted by molar-refractivity contribution is 7.99. The van der Waals surface area contributed by atoms with Crippen molar-refractivity contribution in [2.45, 2.75) is 5.03 Å². The lowest BCUT2D eigenvalue weighted by Crippen LogP contribution is -2.01. The Labute approximate surface area is 160 Å². The van der Waals surface area contributed by atoms with Gasteiger partial charge >= 0.3 is 5.97 Å². The third-order valence-electron chi connectivity index (χ3n) is 3.79. The van der Waals surface area contributed by atoms with Gasteiger partial charge in [0, 0.05) is 23.5 Å². The summed E-state index contributed by atoms with van der Waals surface area (Å²) >= 11 is 1.03. The van der Waals surface area contributed by atoms with Crippen LogP contribution in [-0.4, -0.2) is 33.9 Å². The largest absolute Gasteiger partial charge is 0.497 e. The van der Waals surface area contributed by atoms with Crippen molar-refractivity contribution in [1.29, 1.82) is 5.26 Å². The molecule has 2 heterocycles. The number of methoxy groups -OCH3 is 1. The topological polar surface area (TPSA) is 96.1 Å². The molecule has 0 unspecified atom stereocenters. The lowest BCUT2D eigenvalue weighted by atomic mass is 9.99. The number of carboxylic acid groups (broad SMARTS) is 1. The molecule has 0 bridgehead atoms. The zero-order valence-corrected chi connectivity index (χ0v) is 15.2. The number of hydrogen-bond acceptors (Lipinski definition) is 6. The number of carbonyl (C=O) groups is 1. The van der Waals surface area contributed by atoms with Crippen LogP contribution in [0.1, 0.15) is 5.56 Å². The number of nitriles is 1. The Bertz CT molecular complexity index is 999. The maximum atomic E-state index is 11.0. The van der Waals surface area contributed by atoms with E-state index in [1.807, 2.05) is 36.4 Å². The number of nitrogens with zero attached hydrogens (tertiary/aromatic N) is 3. The minimum Gasteiger partial charge on any atom is -0.497 e. The third-order valence-corrected chi connectivity index (χ3v) is 4.75. The fourth-order valence-electron chi connectivity index (χ4n) is 2.52. The molecule has 0 amide bonds. The quantitative estimate of drug-likeness (QED) is 0.651. The van der Waals surface area contributed by atoms with Crippen molar-refractivity contribution in [3.63, 3.8) is 0 Å². The molecule has 0 saturated carbocycles. The molecule has 134 valence electrons. The van der Waals surface area contributed by atoms with E-state index in [4.69, 9.17) is 9.84 Å². The average Bonchev–Trinajstić information content (AvgIpc) is 2.72. The molecule has 0 spiro atoms. The Morgan fingerprint density at radius 3 is 2.63 bits per heavy atom. The van der Waals surface area contributed by atoms with Crippen LogP contribution >= 0.6 is 11.8 Å². The summed E-state index contributed by atoms with van der Waals surface area (Å²) in [6.45, 7) is 0. The summed E-state index contributed by atoms with van der Waals surface area (Å²) in [7, 11) is 1.59. The van der Waals surface area contributed by atoms with E-state index in [0.29, 0.717) is 27.6 Å². The molecule has 3 aromatic rings. The molecule has 6 nitrogen and oxygen atoms in total. The van der Waals surface area contributed by atoms with Crippen LogP contribution in [0.4, 0.5) is 0 Å². The number of hydrogen-bond donors (Lipinski definition) is 1. The van der Waals surface area contributed by atoms with Gasteiger partial charge in [0.15, 0.2) is 0 Å². The molecule has 2 aromatic heterocycles. The first-order valence-electron chi connectivity index (χ1n) is 7.97. The molecular weight excluding hydrogens is 362 g/mol. The highest BCUT2D eigenvalue weighted by Crippen LogP contribution is 2.34. The van der Waals surface area contributed by atoms with E-state index < -0.39 is 5.97 Å². The Kier molecular flexibility index (Phi) is 5.69. The molecule has 0 radical (unpaired) electrons. The van der Waals surface area contributed by atoms with Gasteiger partial charge in [-0.2, -0.15) is 5.26 Å².